The van der Waals surface area contributed by atoms with Gasteiger partial charge in [0.2, 0.25) is 0 Å². The molecular formula is C8H7F3S. The van der Waals surface area contributed by atoms with E-state index < -0.39 is 11.7 Å². The van der Waals surface area contributed by atoms with Gasteiger partial charge in [-0.2, -0.15) is 13.2 Å². The van der Waals surface area contributed by atoms with Crippen LogP contribution in [0.4, 0.5) is 13.2 Å². The zero-order valence-electron chi connectivity index (χ0n) is 6.31. The van der Waals surface area contributed by atoms with Crippen molar-refractivity contribution in [2.75, 3.05) is 0 Å². The van der Waals surface area contributed by atoms with Gasteiger partial charge in [0.1, 0.15) is 0 Å². The second kappa shape index (κ2) is 3.01. The molecule has 0 nitrogen and oxygen atoms in total. The lowest BCUT2D eigenvalue weighted by Crippen LogP contribution is -2.06. The molecule has 0 radical (unpaired) electrons. The zero-order valence-corrected chi connectivity index (χ0v) is 7.21. The Kier molecular flexibility index (Phi) is 2.37. The van der Waals surface area contributed by atoms with Gasteiger partial charge in [-0.1, -0.05) is 11.6 Å². The third-order valence-electron chi connectivity index (χ3n) is 1.46. The summed E-state index contributed by atoms with van der Waals surface area (Å²) in [7, 11) is 0. The maximum atomic E-state index is 12.2. The average molecular weight is 192 g/mol. The second-order valence-corrected chi connectivity index (χ2v) is 3.00. The lowest BCUT2D eigenvalue weighted by molar-refractivity contribution is -0.139. The zero-order chi connectivity index (χ0) is 9.35. The normalized spacial score (nSPS) is 11.8. The van der Waals surface area contributed by atoms with Gasteiger partial charge in [0, 0.05) is 4.90 Å². The Morgan fingerprint density at radius 3 is 2.25 bits per heavy atom. The largest absolute Gasteiger partial charge is 0.417 e. The van der Waals surface area contributed by atoms with Gasteiger partial charge in [0.25, 0.3) is 0 Å². The molecule has 0 aliphatic heterocycles. The number of halogens is 3. The van der Waals surface area contributed by atoms with Gasteiger partial charge in [-0.3, -0.25) is 0 Å². The molecule has 0 heterocycles. The topological polar surface area (TPSA) is 0 Å². The summed E-state index contributed by atoms with van der Waals surface area (Å²) in [6, 6.07) is 4.03. The fraction of sp³-hybridized carbons (Fsp3) is 0.250. The molecule has 0 amide bonds. The molecule has 0 aliphatic rings. The number of alkyl halides is 3. The Morgan fingerprint density at radius 1 is 1.25 bits per heavy atom. The van der Waals surface area contributed by atoms with Crippen LogP contribution in [0.3, 0.4) is 0 Å². The Morgan fingerprint density at radius 2 is 1.83 bits per heavy atom. The third kappa shape index (κ3) is 1.94. The number of rotatable bonds is 0. The van der Waals surface area contributed by atoms with Crippen LogP contribution in [0.2, 0.25) is 0 Å². The van der Waals surface area contributed by atoms with E-state index >= 15 is 0 Å². The Hall–Kier alpha value is -0.640. The number of aryl methyl sites for hydroxylation is 1. The molecule has 0 aliphatic carbocycles. The first-order valence-electron chi connectivity index (χ1n) is 3.28. The summed E-state index contributed by atoms with van der Waals surface area (Å²) in [5.74, 6) is 0. The van der Waals surface area contributed by atoms with E-state index in [0.717, 1.165) is 6.07 Å². The summed E-state index contributed by atoms with van der Waals surface area (Å²) in [6.45, 7) is 1.61. The van der Waals surface area contributed by atoms with Crippen molar-refractivity contribution in [3.05, 3.63) is 29.3 Å². The van der Waals surface area contributed by atoms with Crippen LogP contribution >= 0.6 is 12.6 Å². The molecule has 0 spiro atoms. The molecule has 12 heavy (non-hydrogen) atoms. The van der Waals surface area contributed by atoms with Crippen LogP contribution in [-0.2, 0) is 6.18 Å². The monoisotopic (exact) mass is 192 g/mol. The van der Waals surface area contributed by atoms with Crippen LogP contribution in [-0.4, -0.2) is 0 Å². The summed E-state index contributed by atoms with van der Waals surface area (Å²) in [6.07, 6.45) is -4.30. The van der Waals surface area contributed by atoms with Crippen molar-refractivity contribution in [1.82, 2.24) is 0 Å². The van der Waals surface area contributed by atoms with Crippen molar-refractivity contribution in [3.8, 4) is 0 Å². The molecular weight excluding hydrogens is 185 g/mol. The second-order valence-electron chi connectivity index (χ2n) is 2.52. The predicted octanol–water partition coefficient (Wildman–Crippen LogP) is 3.30. The molecule has 4 heteroatoms. The number of hydrogen-bond acceptors (Lipinski definition) is 1. The number of benzene rings is 1. The highest BCUT2D eigenvalue weighted by atomic mass is 32.1. The molecule has 0 unspecified atom stereocenters. The summed E-state index contributed by atoms with van der Waals surface area (Å²) in [5.41, 5.74) is -0.0917. The Balaban J connectivity index is 3.23. The van der Waals surface area contributed by atoms with Crippen LogP contribution in [0, 0.1) is 6.92 Å². The first kappa shape index (κ1) is 9.45. The van der Waals surface area contributed by atoms with Gasteiger partial charge in [-0.05, 0) is 19.1 Å². The molecule has 0 saturated carbocycles. The minimum Gasteiger partial charge on any atom is -0.166 e. The highest BCUT2D eigenvalue weighted by Gasteiger charge is 2.32. The minimum atomic E-state index is -4.30. The fourth-order valence-corrected chi connectivity index (χ4v) is 1.14. The van der Waals surface area contributed by atoms with Gasteiger partial charge in [0.15, 0.2) is 0 Å². The lowest BCUT2D eigenvalue weighted by atomic mass is 10.1. The standard InChI is InChI=1S/C8H7F3S/c1-5-2-3-7(12)6(4-5)8(9,10)11/h2-4,12H,1H3. The lowest BCUT2D eigenvalue weighted by Gasteiger charge is -2.09. The first-order chi connectivity index (χ1) is 5.41. The number of thiol groups is 1. The van der Waals surface area contributed by atoms with Crippen LogP contribution in [0.25, 0.3) is 0 Å². The minimum absolute atomic E-state index is 0.0342. The van der Waals surface area contributed by atoms with E-state index in [4.69, 9.17) is 0 Å². The van der Waals surface area contributed by atoms with E-state index in [0.29, 0.717) is 5.56 Å². The Bertz CT molecular complexity index is 291. The molecule has 1 aromatic carbocycles. The molecule has 0 fully saturated rings. The quantitative estimate of drug-likeness (QED) is 0.599. The van der Waals surface area contributed by atoms with E-state index in [1.54, 1.807) is 13.0 Å². The molecule has 0 atom stereocenters. The van der Waals surface area contributed by atoms with Crippen molar-refractivity contribution in [2.24, 2.45) is 0 Å². The SMILES string of the molecule is Cc1ccc(S)c(C(F)(F)F)c1. The molecule has 0 N–H and O–H groups in total. The van der Waals surface area contributed by atoms with Gasteiger partial charge in [-0.25, -0.2) is 0 Å². The summed E-state index contributed by atoms with van der Waals surface area (Å²) < 4.78 is 36.5. The highest BCUT2D eigenvalue weighted by Crippen LogP contribution is 2.33. The van der Waals surface area contributed by atoms with E-state index in [-0.39, 0.29) is 4.90 Å². The van der Waals surface area contributed by atoms with Gasteiger partial charge < -0.3 is 0 Å². The summed E-state index contributed by atoms with van der Waals surface area (Å²) in [5, 5.41) is 0. The van der Waals surface area contributed by atoms with Crippen molar-refractivity contribution < 1.29 is 13.2 Å². The van der Waals surface area contributed by atoms with Crippen LogP contribution in [0.1, 0.15) is 11.1 Å². The van der Waals surface area contributed by atoms with Crippen molar-refractivity contribution in [1.29, 1.82) is 0 Å². The van der Waals surface area contributed by atoms with Gasteiger partial charge in [0.05, 0.1) is 5.56 Å². The average Bonchev–Trinajstić information content (AvgIpc) is 1.92. The van der Waals surface area contributed by atoms with Gasteiger partial charge in [-0.15, -0.1) is 12.6 Å². The van der Waals surface area contributed by atoms with E-state index in [1.807, 2.05) is 0 Å². The maximum Gasteiger partial charge on any atom is 0.417 e. The van der Waals surface area contributed by atoms with Crippen LogP contribution in [0.15, 0.2) is 23.1 Å². The fourth-order valence-electron chi connectivity index (χ4n) is 0.877. The predicted molar refractivity (Wildman–Crippen MR) is 43.4 cm³/mol. The van der Waals surface area contributed by atoms with Crippen molar-refractivity contribution in [3.63, 3.8) is 0 Å². The molecule has 66 valence electrons. The first-order valence-corrected chi connectivity index (χ1v) is 3.73. The van der Waals surface area contributed by atoms with Gasteiger partial charge >= 0.3 is 6.18 Å². The Labute approximate surface area is 73.8 Å². The molecule has 0 saturated heterocycles. The van der Waals surface area contributed by atoms with Crippen molar-refractivity contribution >= 4 is 12.6 Å². The van der Waals surface area contributed by atoms with Crippen LogP contribution < -0.4 is 0 Å². The molecule has 0 bridgehead atoms. The van der Waals surface area contributed by atoms with E-state index in [2.05, 4.69) is 12.6 Å². The highest BCUT2D eigenvalue weighted by molar-refractivity contribution is 7.80. The van der Waals surface area contributed by atoms with E-state index in [1.165, 1.54) is 6.07 Å². The smallest absolute Gasteiger partial charge is 0.166 e. The van der Waals surface area contributed by atoms with Crippen LogP contribution in [0.5, 0.6) is 0 Å². The van der Waals surface area contributed by atoms with E-state index in [9.17, 15) is 13.2 Å². The molecule has 1 rings (SSSR count). The molecule has 0 aromatic heterocycles. The third-order valence-corrected chi connectivity index (χ3v) is 1.85. The summed E-state index contributed by atoms with van der Waals surface area (Å²) in [4.78, 5) is -0.0342. The van der Waals surface area contributed by atoms with Crippen molar-refractivity contribution in [2.45, 2.75) is 18.0 Å². The maximum absolute atomic E-state index is 12.2. The summed E-state index contributed by atoms with van der Waals surface area (Å²) >= 11 is 3.72. The molecule has 1 aromatic rings. The number of hydrogen-bond donors (Lipinski definition) is 1.